The van der Waals surface area contributed by atoms with Gasteiger partial charge >= 0.3 is 5.97 Å². The quantitative estimate of drug-likeness (QED) is 0.244. The maximum absolute atomic E-state index is 13.2. The molecule has 0 aliphatic heterocycles. The van der Waals surface area contributed by atoms with Crippen molar-refractivity contribution in [3.63, 3.8) is 0 Å². The standard InChI is InChI=1S/C26H39N5O5/c1-14(2)10-21(24(33)29-16(5)26(35)36)31-25(34)22(11-15(3)4)30-23(32)19(27)12-17-13-28-20-9-7-6-8-18(17)20/h6-9,13-16,19,21-22,28H,10-12,27H2,1-5H3,(H,29,33)(H,30,32)(H,31,34)(H,35,36). The molecular weight excluding hydrogens is 462 g/mol. The van der Waals surface area contributed by atoms with E-state index in [4.69, 9.17) is 10.8 Å². The number of hydrogen-bond donors (Lipinski definition) is 6. The number of carbonyl (C=O) groups is 4. The molecule has 2 aromatic rings. The Morgan fingerprint density at radius 3 is 1.94 bits per heavy atom. The number of aromatic amines is 1. The zero-order valence-electron chi connectivity index (χ0n) is 21.6. The molecule has 0 fully saturated rings. The number of carboxylic acid groups (broad SMARTS) is 1. The number of nitrogens with one attached hydrogen (secondary N) is 4. The maximum Gasteiger partial charge on any atom is 0.325 e. The van der Waals surface area contributed by atoms with Gasteiger partial charge in [-0.15, -0.1) is 0 Å². The molecule has 0 saturated heterocycles. The summed E-state index contributed by atoms with van der Waals surface area (Å²) in [6.07, 6.45) is 2.77. The van der Waals surface area contributed by atoms with Crippen LogP contribution in [0.3, 0.4) is 0 Å². The Kier molecular flexibility index (Phi) is 10.5. The molecule has 0 saturated carbocycles. The number of benzene rings is 1. The van der Waals surface area contributed by atoms with Crippen molar-refractivity contribution < 1.29 is 24.3 Å². The molecule has 3 amide bonds. The fourth-order valence-electron chi connectivity index (χ4n) is 3.96. The third-order valence-electron chi connectivity index (χ3n) is 5.86. The highest BCUT2D eigenvalue weighted by atomic mass is 16.4. The number of hydrogen-bond acceptors (Lipinski definition) is 5. The molecule has 198 valence electrons. The molecule has 4 unspecified atom stereocenters. The molecule has 0 radical (unpaired) electrons. The average molecular weight is 502 g/mol. The first kappa shape index (κ1) is 28.8. The third-order valence-corrected chi connectivity index (χ3v) is 5.86. The van der Waals surface area contributed by atoms with Crippen molar-refractivity contribution in [1.29, 1.82) is 0 Å². The van der Waals surface area contributed by atoms with Crippen molar-refractivity contribution >= 4 is 34.6 Å². The van der Waals surface area contributed by atoms with Gasteiger partial charge in [0.15, 0.2) is 0 Å². The molecular formula is C26H39N5O5. The van der Waals surface area contributed by atoms with Gasteiger partial charge in [0.1, 0.15) is 18.1 Å². The molecule has 0 bridgehead atoms. The lowest BCUT2D eigenvalue weighted by Crippen LogP contribution is -2.57. The smallest absolute Gasteiger partial charge is 0.325 e. The van der Waals surface area contributed by atoms with Gasteiger partial charge in [-0.3, -0.25) is 19.2 Å². The van der Waals surface area contributed by atoms with E-state index < -0.39 is 47.9 Å². The van der Waals surface area contributed by atoms with Crippen LogP contribution in [0, 0.1) is 11.8 Å². The number of amides is 3. The summed E-state index contributed by atoms with van der Waals surface area (Å²) in [7, 11) is 0. The van der Waals surface area contributed by atoms with Crippen molar-refractivity contribution in [3.8, 4) is 0 Å². The van der Waals surface area contributed by atoms with Gasteiger partial charge in [0.05, 0.1) is 6.04 Å². The zero-order chi connectivity index (χ0) is 27.0. The summed E-state index contributed by atoms with van der Waals surface area (Å²) in [6, 6.07) is 3.90. The molecule has 1 aromatic carbocycles. The highest BCUT2D eigenvalue weighted by Crippen LogP contribution is 2.19. The van der Waals surface area contributed by atoms with Gasteiger partial charge in [-0.1, -0.05) is 45.9 Å². The number of H-pyrrole nitrogens is 1. The Morgan fingerprint density at radius 1 is 0.861 bits per heavy atom. The Labute approximate surface area is 211 Å². The number of aliphatic carboxylic acids is 1. The fourth-order valence-corrected chi connectivity index (χ4v) is 3.96. The van der Waals surface area contributed by atoms with Gasteiger partial charge in [0.2, 0.25) is 17.7 Å². The van der Waals surface area contributed by atoms with Crippen LogP contribution in [0.15, 0.2) is 30.5 Å². The van der Waals surface area contributed by atoms with E-state index in [0.717, 1.165) is 16.5 Å². The molecule has 1 aromatic heterocycles. The molecule has 7 N–H and O–H groups in total. The van der Waals surface area contributed by atoms with Crippen molar-refractivity contribution in [1.82, 2.24) is 20.9 Å². The minimum atomic E-state index is -1.17. The summed E-state index contributed by atoms with van der Waals surface area (Å²) >= 11 is 0. The van der Waals surface area contributed by atoms with Crippen molar-refractivity contribution in [2.45, 2.75) is 78.0 Å². The van der Waals surface area contributed by atoms with E-state index in [1.54, 1.807) is 0 Å². The van der Waals surface area contributed by atoms with E-state index in [2.05, 4.69) is 20.9 Å². The summed E-state index contributed by atoms with van der Waals surface area (Å²) in [5.74, 6) is -2.60. The number of fused-ring (bicyclic) bond motifs is 1. The second-order valence-electron chi connectivity index (χ2n) is 10.1. The van der Waals surface area contributed by atoms with E-state index >= 15 is 0 Å². The highest BCUT2D eigenvalue weighted by Gasteiger charge is 2.30. The molecule has 0 aliphatic rings. The molecule has 2 rings (SSSR count). The Hall–Kier alpha value is -3.40. The van der Waals surface area contributed by atoms with E-state index in [0.29, 0.717) is 12.8 Å². The molecule has 1 heterocycles. The van der Waals surface area contributed by atoms with Crippen LogP contribution in [0.1, 0.15) is 53.0 Å². The van der Waals surface area contributed by atoms with Crippen molar-refractivity contribution in [2.24, 2.45) is 17.6 Å². The van der Waals surface area contributed by atoms with Gasteiger partial charge < -0.3 is 31.8 Å². The number of rotatable bonds is 13. The van der Waals surface area contributed by atoms with Crippen molar-refractivity contribution in [3.05, 3.63) is 36.0 Å². The predicted molar refractivity (Wildman–Crippen MR) is 138 cm³/mol. The van der Waals surface area contributed by atoms with Crippen LogP contribution in [0.2, 0.25) is 0 Å². The summed E-state index contributed by atoms with van der Waals surface area (Å²) in [6.45, 7) is 8.98. The van der Waals surface area contributed by atoms with Crippen LogP contribution in [-0.4, -0.2) is 57.9 Å². The van der Waals surface area contributed by atoms with Crippen LogP contribution < -0.4 is 21.7 Å². The molecule has 10 heteroatoms. The zero-order valence-corrected chi connectivity index (χ0v) is 21.6. The summed E-state index contributed by atoms with van der Waals surface area (Å²) < 4.78 is 0. The fraction of sp³-hybridized carbons (Fsp3) is 0.538. The van der Waals surface area contributed by atoms with Gasteiger partial charge in [0.25, 0.3) is 0 Å². The Bertz CT molecular complexity index is 1060. The molecule has 4 atom stereocenters. The second-order valence-corrected chi connectivity index (χ2v) is 10.1. The average Bonchev–Trinajstić information content (AvgIpc) is 3.20. The lowest BCUT2D eigenvalue weighted by Gasteiger charge is -2.26. The summed E-state index contributed by atoms with van der Waals surface area (Å²) in [5.41, 5.74) is 8.05. The Morgan fingerprint density at radius 2 is 1.39 bits per heavy atom. The number of carboxylic acids is 1. The van der Waals surface area contributed by atoms with Gasteiger partial charge in [0, 0.05) is 17.1 Å². The van der Waals surface area contributed by atoms with Crippen molar-refractivity contribution in [2.75, 3.05) is 0 Å². The minimum Gasteiger partial charge on any atom is -0.480 e. The highest BCUT2D eigenvalue weighted by molar-refractivity contribution is 5.94. The number of nitrogens with two attached hydrogens (primary N) is 1. The summed E-state index contributed by atoms with van der Waals surface area (Å²) in [5, 5.41) is 17.9. The van der Waals surface area contributed by atoms with Gasteiger partial charge in [-0.05, 0) is 49.7 Å². The normalized spacial score (nSPS) is 14.8. The number of carbonyl (C=O) groups excluding carboxylic acids is 3. The van der Waals surface area contributed by atoms with E-state index in [1.807, 2.05) is 58.2 Å². The minimum absolute atomic E-state index is 0.0592. The topological polar surface area (TPSA) is 166 Å². The lowest BCUT2D eigenvalue weighted by atomic mass is 9.99. The van der Waals surface area contributed by atoms with Crippen LogP contribution in [0.25, 0.3) is 10.9 Å². The number of para-hydroxylation sites is 1. The van der Waals surface area contributed by atoms with Gasteiger partial charge in [-0.2, -0.15) is 0 Å². The van der Waals surface area contributed by atoms with Crippen LogP contribution in [-0.2, 0) is 25.6 Å². The Balaban J connectivity index is 2.11. The van der Waals surface area contributed by atoms with Gasteiger partial charge in [-0.25, -0.2) is 0 Å². The summed E-state index contributed by atoms with van der Waals surface area (Å²) in [4.78, 5) is 53.1. The SMILES string of the molecule is CC(C)CC(NC(=O)C(N)Cc1c[nH]c2ccccc12)C(=O)NC(CC(C)C)C(=O)NC(C)C(=O)O. The number of aromatic nitrogens is 1. The molecule has 10 nitrogen and oxygen atoms in total. The predicted octanol–water partition coefficient (Wildman–Crippen LogP) is 1.69. The van der Waals surface area contributed by atoms with Crippen LogP contribution >= 0.6 is 0 Å². The third kappa shape index (κ3) is 8.37. The molecule has 36 heavy (non-hydrogen) atoms. The first-order valence-corrected chi connectivity index (χ1v) is 12.3. The molecule has 0 spiro atoms. The van der Waals surface area contributed by atoms with E-state index in [9.17, 15) is 19.2 Å². The first-order valence-electron chi connectivity index (χ1n) is 12.3. The van der Waals surface area contributed by atoms with Crippen LogP contribution in [0.5, 0.6) is 0 Å². The largest absolute Gasteiger partial charge is 0.480 e. The van der Waals surface area contributed by atoms with E-state index in [-0.39, 0.29) is 18.3 Å². The first-order chi connectivity index (χ1) is 16.9. The van der Waals surface area contributed by atoms with E-state index in [1.165, 1.54) is 6.92 Å². The second kappa shape index (κ2) is 13.1. The lowest BCUT2D eigenvalue weighted by molar-refractivity contribution is -0.142. The monoisotopic (exact) mass is 501 g/mol. The maximum atomic E-state index is 13.2. The molecule has 0 aliphatic carbocycles. The van der Waals surface area contributed by atoms with Crippen LogP contribution in [0.4, 0.5) is 0 Å².